The molecule has 0 saturated carbocycles. The van der Waals surface area contributed by atoms with Crippen LogP contribution >= 0.6 is 31.9 Å². The van der Waals surface area contributed by atoms with Gasteiger partial charge in [-0.3, -0.25) is 4.90 Å². The van der Waals surface area contributed by atoms with Crippen molar-refractivity contribution in [3.8, 4) is 0 Å². The Kier molecular flexibility index (Phi) is 4.99. The van der Waals surface area contributed by atoms with Crippen LogP contribution in [0.3, 0.4) is 0 Å². The van der Waals surface area contributed by atoms with Crippen molar-refractivity contribution >= 4 is 31.9 Å². The highest BCUT2D eigenvalue weighted by Gasteiger charge is 1.96. The predicted octanol–water partition coefficient (Wildman–Crippen LogP) is 3.28. The first kappa shape index (κ1) is 11.2. The summed E-state index contributed by atoms with van der Waals surface area (Å²) in [6, 6.07) is 8.49. The lowest BCUT2D eigenvalue weighted by molar-refractivity contribution is 0.401. The van der Waals surface area contributed by atoms with Crippen molar-refractivity contribution in [1.29, 1.82) is 0 Å². The molecule has 0 aliphatic heterocycles. The van der Waals surface area contributed by atoms with Crippen molar-refractivity contribution in [1.82, 2.24) is 4.90 Å². The normalized spacial score (nSPS) is 10.8. The van der Waals surface area contributed by atoms with Crippen molar-refractivity contribution in [2.45, 2.75) is 6.42 Å². The summed E-state index contributed by atoms with van der Waals surface area (Å²) < 4.78 is 1.14. The molecular formula is C10H13Br2N. The summed E-state index contributed by atoms with van der Waals surface area (Å²) >= 11 is 6.84. The van der Waals surface area contributed by atoms with E-state index in [0.717, 1.165) is 22.9 Å². The molecule has 1 aromatic rings. The van der Waals surface area contributed by atoms with E-state index in [2.05, 4.69) is 68.1 Å². The molecule has 0 radical (unpaired) electrons. The maximum absolute atomic E-state index is 3.42. The van der Waals surface area contributed by atoms with Gasteiger partial charge in [0.1, 0.15) is 0 Å². The van der Waals surface area contributed by atoms with Crippen molar-refractivity contribution in [3.05, 3.63) is 34.3 Å². The third-order valence-electron chi connectivity index (χ3n) is 1.90. The van der Waals surface area contributed by atoms with Crippen LogP contribution in [0.2, 0.25) is 0 Å². The topological polar surface area (TPSA) is 3.24 Å². The minimum atomic E-state index is 0.934. The third-order valence-corrected chi connectivity index (χ3v) is 3.28. The second-order valence-corrected chi connectivity index (χ2v) is 4.49. The molecule has 0 amide bonds. The molecule has 0 aliphatic rings. The van der Waals surface area contributed by atoms with Crippen LogP contribution in [0.1, 0.15) is 5.56 Å². The minimum absolute atomic E-state index is 0.934. The molecule has 1 nitrogen and oxygen atoms in total. The van der Waals surface area contributed by atoms with Gasteiger partial charge < -0.3 is 0 Å². The standard InChI is InChI=1S/C10H13Br2N/c1-13(8-11)7-6-9-2-4-10(12)5-3-9/h2-5H,6-8H2,1H3. The number of hydrogen-bond acceptors (Lipinski definition) is 1. The van der Waals surface area contributed by atoms with E-state index in [1.807, 2.05) is 0 Å². The van der Waals surface area contributed by atoms with Crippen LogP contribution in [0.25, 0.3) is 0 Å². The highest BCUT2D eigenvalue weighted by Crippen LogP contribution is 2.11. The number of rotatable bonds is 4. The number of benzene rings is 1. The van der Waals surface area contributed by atoms with E-state index >= 15 is 0 Å². The quantitative estimate of drug-likeness (QED) is 0.609. The SMILES string of the molecule is CN(CBr)CCc1ccc(Br)cc1. The first-order valence-electron chi connectivity index (χ1n) is 4.21. The number of hydrogen-bond donors (Lipinski definition) is 0. The molecule has 0 aromatic heterocycles. The number of nitrogens with zero attached hydrogens (tertiary/aromatic N) is 1. The summed E-state index contributed by atoms with van der Waals surface area (Å²) in [6.45, 7) is 1.09. The van der Waals surface area contributed by atoms with Gasteiger partial charge in [0.2, 0.25) is 0 Å². The zero-order valence-electron chi connectivity index (χ0n) is 7.63. The van der Waals surface area contributed by atoms with E-state index in [0.29, 0.717) is 0 Å². The van der Waals surface area contributed by atoms with Crippen LogP contribution in [-0.4, -0.2) is 23.9 Å². The van der Waals surface area contributed by atoms with Gasteiger partial charge in [0.25, 0.3) is 0 Å². The molecule has 1 rings (SSSR count). The summed E-state index contributed by atoms with van der Waals surface area (Å²) in [5, 5.41) is 0. The fraction of sp³-hybridized carbons (Fsp3) is 0.400. The smallest absolute Gasteiger partial charge is 0.0539 e. The lowest BCUT2D eigenvalue weighted by atomic mass is 10.1. The van der Waals surface area contributed by atoms with Crippen LogP contribution in [0.15, 0.2) is 28.7 Å². The monoisotopic (exact) mass is 305 g/mol. The molecule has 72 valence electrons. The van der Waals surface area contributed by atoms with Gasteiger partial charge in [-0.2, -0.15) is 0 Å². The Hall–Kier alpha value is 0.140. The second-order valence-electron chi connectivity index (χ2n) is 3.08. The van der Waals surface area contributed by atoms with E-state index < -0.39 is 0 Å². The summed E-state index contributed by atoms with van der Waals surface area (Å²) in [4.78, 5) is 2.24. The van der Waals surface area contributed by atoms with Gasteiger partial charge >= 0.3 is 0 Å². The van der Waals surface area contributed by atoms with Crippen LogP contribution in [0.5, 0.6) is 0 Å². The molecule has 3 heteroatoms. The molecule has 0 atom stereocenters. The van der Waals surface area contributed by atoms with Gasteiger partial charge in [0.15, 0.2) is 0 Å². The third kappa shape index (κ3) is 4.25. The molecule has 0 unspecified atom stereocenters. The fourth-order valence-electron chi connectivity index (χ4n) is 1.03. The van der Waals surface area contributed by atoms with Crippen molar-refractivity contribution < 1.29 is 0 Å². The first-order valence-corrected chi connectivity index (χ1v) is 6.13. The van der Waals surface area contributed by atoms with Gasteiger partial charge in [0, 0.05) is 11.0 Å². The maximum atomic E-state index is 3.42. The second kappa shape index (κ2) is 5.78. The van der Waals surface area contributed by atoms with E-state index in [1.54, 1.807) is 0 Å². The van der Waals surface area contributed by atoms with Crippen molar-refractivity contribution in [2.24, 2.45) is 0 Å². The van der Waals surface area contributed by atoms with E-state index in [4.69, 9.17) is 0 Å². The lowest BCUT2D eigenvalue weighted by Gasteiger charge is -2.12. The largest absolute Gasteiger partial charge is 0.296 e. The molecule has 0 bridgehead atoms. The summed E-state index contributed by atoms with van der Waals surface area (Å²) in [7, 11) is 2.10. The van der Waals surface area contributed by atoms with Crippen LogP contribution in [-0.2, 0) is 6.42 Å². The molecule has 0 fully saturated rings. The average molecular weight is 307 g/mol. The molecule has 0 N–H and O–H groups in total. The van der Waals surface area contributed by atoms with E-state index in [-0.39, 0.29) is 0 Å². The van der Waals surface area contributed by atoms with Crippen LogP contribution in [0.4, 0.5) is 0 Å². The Morgan fingerprint density at radius 2 is 1.85 bits per heavy atom. The highest BCUT2D eigenvalue weighted by atomic mass is 79.9. The van der Waals surface area contributed by atoms with Gasteiger partial charge in [-0.1, -0.05) is 44.0 Å². The lowest BCUT2D eigenvalue weighted by Crippen LogP contribution is -2.18. The average Bonchev–Trinajstić information content (AvgIpc) is 2.16. The van der Waals surface area contributed by atoms with Gasteiger partial charge in [-0.05, 0) is 31.2 Å². The predicted molar refractivity (Wildman–Crippen MR) is 64.3 cm³/mol. The van der Waals surface area contributed by atoms with Crippen molar-refractivity contribution in [2.75, 3.05) is 19.0 Å². The molecule has 0 aliphatic carbocycles. The van der Waals surface area contributed by atoms with Gasteiger partial charge in [0.05, 0.1) is 5.45 Å². The Bertz CT molecular complexity index is 246. The van der Waals surface area contributed by atoms with Crippen LogP contribution < -0.4 is 0 Å². The Labute approximate surface area is 96.4 Å². The number of halogens is 2. The first-order chi connectivity index (χ1) is 6.22. The molecule has 0 heterocycles. The van der Waals surface area contributed by atoms with Crippen molar-refractivity contribution in [3.63, 3.8) is 0 Å². The van der Waals surface area contributed by atoms with E-state index in [9.17, 15) is 0 Å². The zero-order valence-corrected chi connectivity index (χ0v) is 10.8. The van der Waals surface area contributed by atoms with Gasteiger partial charge in [-0.25, -0.2) is 0 Å². The van der Waals surface area contributed by atoms with E-state index in [1.165, 1.54) is 5.56 Å². The number of likely N-dealkylation sites (N-methyl/N-ethyl adjacent to an activating group) is 1. The molecule has 1 aromatic carbocycles. The van der Waals surface area contributed by atoms with Gasteiger partial charge in [-0.15, -0.1) is 0 Å². The van der Waals surface area contributed by atoms with Crippen LogP contribution in [0, 0.1) is 0 Å². The Morgan fingerprint density at radius 3 is 2.38 bits per heavy atom. The summed E-state index contributed by atoms with van der Waals surface area (Å²) in [5.74, 6) is 0. The molecule has 0 spiro atoms. The fourth-order valence-corrected chi connectivity index (χ4v) is 1.55. The zero-order chi connectivity index (χ0) is 9.68. The summed E-state index contributed by atoms with van der Waals surface area (Å²) in [5.41, 5.74) is 2.32. The minimum Gasteiger partial charge on any atom is -0.296 e. The number of alkyl halides is 1. The summed E-state index contributed by atoms with van der Waals surface area (Å²) in [6.07, 6.45) is 1.11. The molecule has 13 heavy (non-hydrogen) atoms. The Balaban J connectivity index is 2.41. The molecular weight excluding hydrogens is 294 g/mol. The maximum Gasteiger partial charge on any atom is 0.0539 e. The molecule has 0 saturated heterocycles. The Morgan fingerprint density at radius 1 is 1.23 bits per heavy atom. The highest BCUT2D eigenvalue weighted by molar-refractivity contribution is 9.10.